The Balaban J connectivity index is 1.66. The Morgan fingerprint density at radius 2 is 1.58 bits per heavy atom. The zero-order valence-electron chi connectivity index (χ0n) is 17.5. The molecule has 0 amide bonds. The van der Waals surface area contributed by atoms with Crippen LogP contribution < -0.4 is 20.5 Å². The number of rotatable bonds is 3. The third kappa shape index (κ3) is 4.07. The van der Waals surface area contributed by atoms with Crippen LogP contribution in [0.1, 0.15) is 26.3 Å². The van der Waals surface area contributed by atoms with Crippen LogP contribution >= 0.6 is 0 Å². The molecule has 7 heteroatoms. The first kappa shape index (κ1) is 20.4. The van der Waals surface area contributed by atoms with Crippen molar-refractivity contribution in [3.63, 3.8) is 0 Å². The molecular weight excluding hydrogens is 400 g/mol. The van der Waals surface area contributed by atoms with Gasteiger partial charge in [-0.25, -0.2) is 4.79 Å². The first-order chi connectivity index (χ1) is 14.6. The molecule has 0 radical (unpaired) electrons. The predicted molar refractivity (Wildman–Crippen MR) is 115 cm³/mol. The number of esters is 1. The van der Waals surface area contributed by atoms with Crippen LogP contribution in [0.15, 0.2) is 67.2 Å². The molecule has 158 valence electrons. The van der Waals surface area contributed by atoms with Crippen LogP contribution in [-0.2, 0) is 4.79 Å². The molecule has 2 heterocycles. The maximum atomic E-state index is 12.8. The highest BCUT2D eigenvalue weighted by molar-refractivity contribution is 5.83. The first-order valence-corrected chi connectivity index (χ1v) is 9.62. The van der Waals surface area contributed by atoms with Gasteiger partial charge in [0.05, 0.1) is 10.8 Å². The lowest BCUT2D eigenvalue weighted by atomic mass is 9.97. The van der Waals surface area contributed by atoms with E-state index in [1.54, 1.807) is 39.0 Å². The Labute approximate surface area is 176 Å². The Hall–Kier alpha value is -3.87. The lowest BCUT2D eigenvalue weighted by Crippen LogP contribution is -2.25. The van der Waals surface area contributed by atoms with Crippen LogP contribution in [0, 0.1) is 12.3 Å². The van der Waals surface area contributed by atoms with Gasteiger partial charge in [-0.15, -0.1) is 0 Å². The van der Waals surface area contributed by atoms with Gasteiger partial charge in [-0.3, -0.25) is 9.59 Å². The largest absolute Gasteiger partial charge is 0.460 e. The molecule has 0 aliphatic rings. The minimum Gasteiger partial charge on any atom is -0.460 e. The van der Waals surface area contributed by atoms with Crippen molar-refractivity contribution in [3.05, 3.63) is 74.9 Å². The molecular formula is C24H20O7. The van der Waals surface area contributed by atoms with E-state index in [-0.39, 0.29) is 27.9 Å². The van der Waals surface area contributed by atoms with Crippen molar-refractivity contribution in [2.45, 2.75) is 27.7 Å². The van der Waals surface area contributed by atoms with Gasteiger partial charge in [0.15, 0.2) is 0 Å². The van der Waals surface area contributed by atoms with Crippen LogP contribution in [0.5, 0.6) is 17.2 Å². The molecule has 2 aromatic carbocycles. The standard InChI is InChI=1S/C24H20O7/c1-13-9-21(25)31-19-11-14(5-7-16(13)19)29-20-12-28-18-10-15(6-8-17(18)22(20)26)30-23(27)24(2,3)4/h5-12H,1-4H3. The second kappa shape index (κ2) is 7.43. The van der Waals surface area contributed by atoms with Gasteiger partial charge in [0.1, 0.15) is 28.9 Å². The first-order valence-electron chi connectivity index (χ1n) is 9.62. The van der Waals surface area contributed by atoms with Gasteiger partial charge in [-0.05, 0) is 57.5 Å². The van der Waals surface area contributed by atoms with Crippen molar-refractivity contribution in [2.75, 3.05) is 0 Å². The predicted octanol–water partition coefficient (Wildman–Crippen LogP) is 4.95. The van der Waals surface area contributed by atoms with Crippen molar-refractivity contribution in [1.29, 1.82) is 0 Å². The van der Waals surface area contributed by atoms with E-state index in [1.165, 1.54) is 30.5 Å². The fourth-order valence-corrected chi connectivity index (χ4v) is 2.98. The number of carbonyl (C=O) groups is 1. The number of carbonyl (C=O) groups excluding carboxylic acids is 1. The van der Waals surface area contributed by atoms with E-state index in [9.17, 15) is 14.4 Å². The maximum absolute atomic E-state index is 12.8. The number of hydrogen-bond acceptors (Lipinski definition) is 7. The number of benzene rings is 2. The van der Waals surface area contributed by atoms with Gasteiger partial charge < -0.3 is 18.3 Å². The van der Waals surface area contributed by atoms with Crippen molar-refractivity contribution in [2.24, 2.45) is 5.41 Å². The topological polar surface area (TPSA) is 95.9 Å². The van der Waals surface area contributed by atoms with E-state index in [0.29, 0.717) is 11.3 Å². The maximum Gasteiger partial charge on any atom is 0.336 e. The van der Waals surface area contributed by atoms with Crippen LogP contribution in [0.2, 0.25) is 0 Å². The number of hydrogen-bond donors (Lipinski definition) is 0. The highest BCUT2D eigenvalue weighted by Crippen LogP contribution is 2.28. The Morgan fingerprint density at radius 3 is 2.32 bits per heavy atom. The summed E-state index contributed by atoms with van der Waals surface area (Å²) < 4.78 is 21.8. The monoisotopic (exact) mass is 420 g/mol. The molecule has 0 aliphatic carbocycles. The van der Waals surface area contributed by atoms with Crippen molar-refractivity contribution < 1.29 is 23.1 Å². The normalized spacial score (nSPS) is 11.6. The minimum atomic E-state index is -0.662. The zero-order valence-corrected chi connectivity index (χ0v) is 17.5. The molecule has 0 bridgehead atoms. The molecule has 0 fully saturated rings. The second-order valence-corrected chi connectivity index (χ2v) is 8.24. The third-order valence-corrected chi connectivity index (χ3v) is 4.69. The summed E-state index contributed by atoms with van der Waals surface area (Å²) in [6.07, 6.45) is 1.19. The molecule has 0 saturated heterocycles. The number of aryl methyl sites for hydroxylation is 1. The quantitative estimate of drug-likeness (QED) is 0.263. The molecule has 0 N–H and O–H groups in total. The summed E-state index contributed by atoms with van der Waals surface area (Å²) in [5, 5.41) is 1.05. The van der Waals surface area contributed by atoms with Gasteiger partial charge in [0, 0.05) is 23.6 Å². The lowest BCUT2D eigenvalue weighted by Gasteiger charge is -2.16. The lowest BCUT2D eigenvalue weighted by molar-refractivity contribution is -0.142. The third-order valence-electron chi connectivity index (χ3n) is 4.69. The summed E-state index contributed by atoms with van der Waals surface area (Å²) in [4.78, 5) is 36.5. The average Bonchev–Trinajstić information content (AvgIpc) is 2.69. The summed E-state index contributed by atoms with van der Waals surface area (Å²) in [5.41, 5.74) is -0.109. The fraction of sp³-hybridized carbons (Fsp3) is 0.208. The Morgan fingerprint density at radius 1 is 0.903 bits per heavy atom. The molecule has 0 aliphatic heterocycles. The van der Waals surface area contributed by atoms with E-state index in [2.05, 4.69) is 0 Å². The summed E-state index contributed by atoms with van der Waals surface area (Å²) in [5.74, 6) is 0.182. The highest BCUT2D eigenvalue weighted by atomic mass is 16.5. The molecule has 0 atom stereocenters. The molecule has 4 rings (SSSR count). The van der Waals surface area contributed by atoms with E-state index in [0.717, 1.165) is 10.9 Å². The molecule has 2 aromatic heterocycles. The Bertz CT molecular complexity index is 1430. The second-order valence-electron chi connectivity index (χ2n) is 8.24. The van der Waals surface area contributed by atoms with Crippen molar-refractivity contribution in [3.8, 4) is 17.2 Å². The zero-order chi connectivity index (χ0) is 22.3. The van der Waals surface area contributed by atoms with Gasteiger partial charge in [0.25, 0.3) is 0 Å². The minimum absolute atomic E-state index is 0.0266. The molecule has 31 heavy (non-hydrogen) atoms. The van der Waals surface area contributed by atoms with E-state index in [1.807, 2.05) is 6.92 Å². The Kier molecular flexibility index (Phi) is 4.89. The summed E-state index contributed by atoms with van der Waals surface area (Å²) in [6, 6.07) is 10.9. The van der Waals surface area contributed by atoms with Gasteiger partial charge in [-0.1, -0.05) is 0 Å². The summed E-state index contributed by atoms with van der Waals surface area (Å²) in [7, 11) is 0. The van der Waals surface area contributed by atoms with E-state index >= 15 is 0 Å². The smallest absolute Gasteiger partial charge is 0.336 e. The van der Waals surface area contributed by atoms with Crippen LogP contribution in [-0.4, -0.2) is 5.97 Å². The average molecular weight is 420 g/mol. The molecule has 0 saturated carbocycles. The number of fused-ring (bicyclic) bond motifs is 2. The summed E-state index contributed by atoms with van der Waals surface area (Å²) >= 11 is 0. The van der Waals surface area contributed by atoms with E-state index < -0.39 is 17.0 Å². The van der Waals surface area contributed by atoms with Crippen LogP contribution in [0.4, 0.5) is 0 Å². The number of ether oxygens (including phenoxy) is 2. The van der Waals surface area contributed by atoms with Gasteiger partial charge in [-0.2, -0.15) is 0 Å². The SMILES string of the molecule is Cc1cc(=O)oc2cc(Oc3coc4cc(OC(=O)C(C)(C)C)ccc4c3=O)ccc12. The summed E-state index contributed by atoms with van der Waals surface area (Å²) in [6.45, 7) is 7.06. The van der Waals surface area contributed by atoms with Crippen molar-refractivity contribution >= 4 is 27.9 Å². The molecule has 0 unspecified atom stereocenters. The van der Waals surface area contributed by atoms with Gasteiger partial charge >= 0.3 is 11.6 Å². The van der Waals surface area contributed by atoms with Crippen LogP contribution in [0.3, 0.4) is 0 Å². The van der Waals surface area contributed by atoms with Crippen molar-refractivity contribution in [1.82, 2.24) is 0 Å². The molecule has 0 spiro atoms. The van der Waals surface area contributed by atoms with Gasteiger partial charge in [0.2, 0.25) is 11.2 Å². The molecule has 7 nitrogen and oxygen atoms in total. The van der Waals surface area contributed by atoms with Crippen LogP contribution in [0.25, 0.3) is 21.9 Å². The molecule has 4 aromatic rings. The van der Waals surface area contributed by atoms with E-state index in [4.69, 9.17) is 18.3 Å². The highest BCUT2D eigenvalue weighted by Gasteiger charge is 2.24. The fourth-order valence-electron chi connectivity index (χ4n) is 2.98.